The van der Waals surface area contributed by atoms with Gasteiger partial charge in [-0.15, -0.1) is 13.2 Å². The van der Waals surface area contributed by atoms with Crippen molar-refractivity contribution in [2.75, 3.05) is 25.5 Å². The van der Waals surface area contributed by atoms with Gasteiger partial charge in [-0.25, -0.2) is 9.78 Å². The summed E-state index contributed by atoms with van der Waals surface area (Å²) in [7, 11) is 1.36. The normalized spacial score (nSPS) is 10.1. The van der Waals surface area contributed by atoms with E-state index >= 15 is 0 Å². The van der Waals surface area contributed by atoms with Crippen LogP contribution in [0.3, 0.4) is 0 Å². The summed E-state index contributed by atoms with van der Waals surface area (Å²) in [5.41, 5.74) is 1.30. The molecule has 1 heterocycles. The molecule has 1 N–H and O–H groups in total. The number of carbonyl (C=O) groups is 1. The highest BCUT2D eigenvalue weighted by Gasteiger charge is 2.12. The number of carbonyl (C=O) groups excluding carboxylic acids is 1. The van der Waals surface area contributed by atoms with Gasteiger partial charge < -0.3 is 15.0 Å². The molecule has 0 radical (unpaired) electrons. The standard InChI is InChI=1S/C16H17N3O2S2/c1-4-8-19(9-5-2)16(22)18-15-17-12-7-6-11(14(20)21-3)10-13(12)23-15/h4-7,10H,1-2,8-9H2,3H3,(H,17,18,22). The molecule has 7 heteroatoms. The van der Waals surface area contributed by atoms with Gasteiger partial charge >= 0.3 is 5.97 Å². The molecule has 0 saturated carbocycles. The first-order chi connectivity index (χ1) is 11.1. The van der Waals surface area contributed by atoms with Crippen LogP contribution in [-0.2, 0) is 4.74 Å². The minimum Gasteiger partial charge on any atom is -0.465 e. The Bertz CT molecular complexity index is 745. The molecule has 0 aliphatic carbocycles. The van der Waals surface area contributed by atoms with Gasteiger partial charge in [0, 0.05) is 13.1 Å². The molecule has 0 saturated heterocycles. The van der Waals surface area contributed by atoms with Gasteiger partial charge in [0.25, 0.3) is 0 Å². The van der Waals surface area contributed by atoms with E-state index in [4.69, 9.17) is 17.0 Å². The zero-order chi connectivity index (χ0) is 16.8. The topological polar surface area (TPSA) is 54.5 Å². The van der Waals surface area contributed by atoms with Crippen LogP contribution < -0.4 is 5.32 Å². The van der Waals surface area contributed by atoms with Crippen LogP contribution in [0, 0.1) is 0 Å². The summed E-state index contributed by atoms with van der Waals surface area (Å²) in [5.74, 6) is -0.367. The number of nitrogens with zero attached hydrogens (tertiary/aromatic N) is 2. The van der Waals surface area contributed by atoms with Crippen molar-refractivity contribution in [1.82, 2.24) is 9.88 Å². The second kappa shape index (κ2) is 7.85. The fourth-order valence-corrected chi connectivity index (χ4v) is 3.16. The van der Waals surface area contributed by atoms with Crippen LogP contribution >= 0.6 is 23.6 Å². The average molecular weight is 347 g/mol. The van der Waals surface area contributed by atoms with Crippen molar-refractivity contribution in [2.24, 2.45) is 0 Å². The van der Waals surface area contributed by atoms with E-state index in [0.717, 1.165) is 10.2 Å². The maximum atomic E-state index is 11.6. The predicted molar refractivity (Wildman–Crippen MR) is 99.1 cm³/mol. The van der Waals surface area contributed by atoms with Crippen LogP contribution in [0.25, 0.3) is 10.2 Å². The SMILES string of the molecule is C=CCN(CC=C)C(=S)Nc1nc2ccc(C(=O)OC)cc2s1. The van der Waals surface area contributed by atoms with E-state index in [9.17, 15) is 4.79 Å². The largest absolute Gasteiger partial charge is 0.465 e. The number of thiazole rings is 1. The molecule has 0 aliphatic rings. The molecule has 1 aromatic carbocycles. The number of thiocarbonyl (C=S) groups is 1. The van der Waals surface area contributed by atoms with Crippen molar-refractivity contribution in [2.45, 2.75) is 0 Å². The lowest BCUT2D eigenvalue weighted by atomic mass is 10.2. The number of rotatable bonds is 6. The van der Waals surface area contributed by atoms with Gasteiger partial charge in [0.15, 0.2) is 10.2 Å². The monoisotopic (exact) mass is 347 g/mol. The van der Waals surface area contributed by atoms with Crippen molar-refractivity contribution in [3.05, 3.63) is 49.1 Å². The molecule has 0 amide bonds. The third-order valence-electron chi connectivity index (χ3n) is 3.01. The smallest absolute Gasteiger partial charge is 0.337 e. The second-order valence-corrected chi connectivity index (χ2v) is 6.02. The maximum Gasteiger partial charge on any atom is 0.337 e. The number of anilines is 1. The molecular formula is C16H17N3O2S2. The minimum absolute atomic E-state index is 0.367. The van der Waals surface area contributed by atoms with Crippen LogP contribution in [0.5, 0.6) is 0 Å². The Morgan fingerprint density at radius 2 is 2.13 bits per heavy atom. The van der Waals surface area contributed by atoms with E-state index < -0.39 is 0 Å². The van der Waals surface area contributed by atoms with E-state index in [1.807, 2.05) is 4.90 Å². The fraction of sp³-hybridized carbons (Fsp3) is 0.188. The summed E-state index contributed by atoms with van der Waals surface area (Å²) >= 11 is 6.82. The van der Waals surface area contributed by atoms with Crippen LogP contribution in [0.2, 0.25) is 0 Å². The molecule has 0 fully saturated rings. The molecule has 2 rings (SSSR count). The molecule has 23 heavy (non-hydrogen) atoms. The quantitative estimate of drug-likeness (QED) is 0.491. The summed E-state index contributed by atoms with van der Waals surface area (Å²) < 4.78 is 5.61. The van der Waals surface area contributed by atoms with Crippen molar-refractivity contribution in [1.29, 1.82) is 0 Å². The van der Waals surface area contributed by atoms with Gasteiger partial charge in [-0.1, -0.05) is 23.5 Å². The number of methoxy groups -OCH3 is 1. The molecule has 0 bridgehead atoms. The molecule has 0 spiro atoms. The van der Waals surface area contributed by atoms with E-state index in [2.05, 4.69) is 23.5 Å². The first-order valence-electron chi connectivity index (χ1n) is 6.85. The lowest BCUT2D eigenvalue weighted by Crippen LogP contribution is -2.34. The lowest BCUT2D eigenvalue weighted by molar-refractivity contribution is 0.0601. The Morgan fingerprint density at radius 3 is 2.74 bits per heavy atom. The number of esters is 1. The molecule has 120 valence electrons. The second-order valence-electron chi connectivity index (χ2n) is 4.61. The molecule has 5 nitrogen and oxygen atoms in total. The first kappa shape index (κ1) is 17.1. The third-order valence-corrected chi connectivity index (χ3v) is 4.30. The van der Waals surface area contributed by atoms with Gasteiger partial charge in [0.1, 0.15) is 0 Å². The van der Waals surface area contributed by atoms with Gasteiger partial charge in [-0.3, -0.25) is 0 Å². The predicted octanol–water partition coefficient (Wildman–Crippen LogP) is 3.45. The van der Waals surface area contributed by atoms with Crippen LogP contribution in [-0.4, -0.2) is 41.2 Å². The average Bonchev–Trinajstić information content (AvgIpc) is 2.94. The fourth-order valence-electron chi connectivity index (χ4n) is 1.95. The molecule has 2 aromatic rings. The maximum absolute atomic E-state index is 11.6. The van der Waals surface area contributed by atoms with Gasteiger partial charge in [-0.2, -0.15) is 0 Å². The van der Waals surface area contributed by atoms with E-state index in [-0.39, 0.29) is 5.97 Å². The van der Waals surface area contributed by atoms with E-state index in [1.54, 1.807) is 30.4 Å². The Balaban J connectivity index is 2.20. The van der Waals surface area contributed by atoms with Gasteiger partial charge in [0.2, 0.25) is 0 Å². The molecule has 1 aromatic heterocycles. The Hall–Kier alpha value is -2.25. The Labute approximate surface area is 144 Å². The van der Waals surface area contributed by atoms with E-state index in [1.165, 1.54) is 18.4 Å². The number of fused-ring (bicyclic) bond motifs is 1. The molecule has 0 unspecified atom stereocenters. The highest BCUT2D eigenvalue weighted by atomic mass is 32.1. The highest BCUT2D eigenvalue weighted by Crippen LogP contribution is 2.27. The Kier molecular flexibility index (Phi) is 5.84. The first-order valence-corrected chi connectivity index (χ1v) is 8.08. The number of nitrogens with one attached hydrogen (secondary N) is 1. The van der Waals surface area contributed by atoms with Crippen LogP contribution in [0.15, 0.2) is 43.5 Å². The van der Waals surface area contributed by atoms with Gasteiger partial charge in [0.05, 0.1) is 22.9 Å². The number of hydrogen-bond donors (Lipinski definition) is 1. The zero-order valence-corrected chi connectivity index (χ0v) is 14.4. The van der Waals surface area contributed by atoms with Crippen molar-refractivity contribution in [3.8, 4) is 0 Å². The summed E-state index contributed by atoms with van der Waals surface area (Å²) in [6, 6.07) is 5.24. The number of benzene rings is 1. The summed E-state index contributed by atoms with van der Waals surface area (Å²) in [6.07, 6.45) is 3.55. The van der Waals surface area contributed by atoms with E-state index in [0.29, 0.717) is 28.9 Å². The zero-order valence-electron chi connectivity index (χ0n) is 12.7. The van der Waals surface area contributed by atoms with Crippen molar-refractivity contribution < 1.29 is 9.53 Å². The third kappa shape index (κ3) is 4.14. The van der Waals surface area contributed by atoms with Crippen molar-refractivity contribution in [3.63, 3.8) is 0 Å². The summed E-state index contributed by atoms with van der Waals surface area (Å²) in [4.78, 5) is 18.0. The number of ether oxygens (including phenoxy) is 1. The van der Waals surface area contributed by atoms with Gasteiger partial charge in [-0.05, 0) is 30.4 Å². The van der Waals surface area contributed by atoms with Crippen LogP contribution in [0.1, 0.15) is 10.4 Å². The molecular weight excluding hydrogens is 330 g/mol. The minimum atomic E-state index is -0.367. The Morgan fingerprint density at radius 1 is 1.43 bits per heavy atom. The van der Waals surface area contributed by atoms with Crippen LogP contribution in [0.4, 0.5) is 5.13 Å². The number of hydrogen-bond acceptors (Lipinski definition) is 5. The highest BCUT2D eigenvalue weighted by molar-refractivity contribution is 7.80. The number of aromatic nitrogens is 1. The molecule has 0 atom stereocenters. The summed E-state index contributed by atoms with van der Waals surface area (Å²) in [6.45, 7) is 8.68. The molecule has 0 aliphatic heterocycles. The summed E-state index contributed by atoms with van der Waals surface area (Å²) in [5, 5.41) is 4.34. The van der Waals surface area contributed by atoms with Crippen molar-refractivity contribution >= 4 is 50.0 Å². The lowest BCUT2D eigenvalue weighted by Gasteiger charge is -2.21.